The molecular weight excluding hydrogens is 534 g/mol. The minimum absolute atomic E-state index is 1.10. The van der Waals surface area contributed by atoms with Crippen LogP contribution in [0.15, 0.2) is 164 Å². The van der Waals surface area contributed by atoms with Crippen LogP contribution in [-0.2, 0) is 0 Å². The summed E-state index contributed by atoms with van der Waals surface area (Å²) < 4.78 is 4.77. The van der Waals surface area contributed by atoms with Gasteiger partial charge in [0, 0.05) is 44.7 Å². The second kappa shape index (κ2) is 9.82. The van der Waals surface area contributed by atoms with Gasteiger partial charge in [-0.2, -0.15) is 0 Å². The second-order valence-electron chi connectivity index (χ2n) is 11.2. The number of hydrogen-bond donors (Lipinski definition) is 0. The first-order valence-corrected chi connectivity index (χ1v) is 15.0. The zero-order valence-electron chi connectivity index (χ0n) is 23.9. The van der Waals surface area contributed by atoms with Crippen LogP contribution < -0.4 is 0 Å². The SMILES string of the molecule is c1ccc(-c2ccc(-n3c4ccccc4c4cccc(-c5cccc6c5c5ccncc5n6-c5ccccc5)c43)cc2)cc1. The van der Waals surface area contributed by atoms with Crippen LogP contribution >= 0.6 is 0 Å². The predicted molar refractivity (Wildman–Crippen MR) is 184 cm³/mol. The number of hydrogen-bond acceptors (Lipinski definition) is 1. The predicted octanol–water partition coefficient (Wildman–Crippen LogP) is 10.6. The molecule has 0 saturated carbocycles. The molecule has 0 aliphatic carbocycles. The molecule has 0 aliphatic rings. The summed E-state index contributed by atoms with van der Waals surface area (Å²) in [5.41, 5.74) is 11.8. The summed E-state index contributed by atoms with van der Waals surface area (Å²) >= 11 is 0. The Bertz CT molecular complexity index is 2470. The maximum absolute atomic E-state index is 4.53. The Labute approximate surface area is 254 Å². The lowest BCUT2D eigenvalue weighted by molar-refractivity contribution is 1.17. The Morgan fingerprint density at radius 3 is 1.86 bits per heavy atom. The third kappa shape index (κ3) is 3.66. The number of para-hydroxylation sites is 3. The van der Waals surface area contributed by atoms with E-state index in [1.807, 2.05) is 12.4 Å². The lowest BCUT2D eigenvalue weighted by Gasteiger charge is -2.14. The van der Waals surface area contributed by atoms with E-state index in [1.54, 1.807) is 0 Å². The first-order valence-electron chi connectivity index (χ1n) is 15.0. The molecule has 0 fully saturated rings. The zero-order chi connectivity index (χ0) is 29.0. The van der Waals surface area contributed by atoms with Gasteiger partial charge < -0.3 is 9.13 Å². The Balaban J connectivity index is 1.36. The molecule has 3 heteroatoms. The van der Waals surface area contributed by atoms with Gasteiger partial charge in [0.05, 0.1) is 28.3 Å². The van der Waals surface area contributed by atoms with E-state index in [0.717, 1.165) is 16.9 Å². The summed E-state index contributed by atoms with van der Waals surface area (Å²) in [6.07, 6.45) is 3.89. The third-order valence-corrected chi connectivity index (χ3v) is 8.83. The number of rotatable bonds is 4. The molecule has 0 spiro atoms. The van der Waals surface area contributed by atoms with Crippen LogP contribution in [0.2, 0.25) is 0 Å². The molecule has 0 saturated heterocycles. The van der Waals surface area contributed by atoms with Gasteiger partial charge in [-0.3, -0.25) is 4.98 Å². The van der Waals surface area contributed by atoms with E-state index in [9.17, 15) is 0 Å². The molecule has 44 heavy (non-hydrogen) atoms. The highest BCUT2D eigenvalue weighted by Gasteiger charge is 2.20. The van der Waals surface area contributed by atoms with E-state index in [0.29, 0.717) is 0 Å². The Hall–Kier alpha value is -5.93. The van der Waals surface area contributed by atoms with Crippen molar-refractivity contribution in [1.82, 2.24) is 14.1 Å². The standard InChI is InChI=1S/C41H27N3/c1-3-11-28(12-4-1)29-21-23-31(24-22-29)44-37-19-8-7-15-32(37)34-17-9-18-35(41(34)44)33-16-10-20-38-40(33)36-25-26-42-27-39(36)43(38)30-13-5-2-6-14-30/h1-27H. The smallest absolute Gasteiger partial charge is 0.0724 e. The molecule has 0 radical (unpaired) electrons. The van der Waals surface area contributed by atoms with Crippen molar-refractivity contribution < 1.29 is 0 Å². The van der Waals surface area contributed by atoms with Gasteiger partial charge in [0.1, 0.15) is 0 Å². The van der Waals surface area contributed by atoms with E-state index >= 15 is 0 Å². The highest BCUT2D eigenvalue weighted by Crippen LogP contribution is 2.43. The molecule has 206 valence electrons. The van der Waals surface area contributed by atoms with Gasteiger partial charge in [-0.05, 0) is 59.2 Å². The fraction of sp³-hybridized carbons (Fsp3) is 0. The Kier molecular flexibility index (Phi) is 5.50. The topological polar surface area (TPSA) is 22.8 Å². The molecular formula is C41H27N3. The van der Waals surface area contributed by atoms with E-state index in [4.69, 9.17) is 0 Å². The average molecular weight is 562 g/mol. The molecule has 0 unspecified atom stereocenters. The molecule has 3 aromatic heterocycles. The highest BCUT2D eigenvalue weighted by atomic mass is 15.0. The Morgan fingerprint density at radius 1 is 0.386 bits per heavy atom. The van der Waals surface area contributed by atoms with Gasteiger partial charge >= 0.3 is 0 Å². The summed E-state index contributed by atoms with van der Waals surface area (Å²) in [4.78, 5) is 4.53. The molecule has 0 amide bonds. The molecule has 9 rings (SSSR count). The van der Waals surface area contributed by atoms with Crippen LogP contribution in [-0.4, -0.2) is 14.1 Å². The van der Waals surface area contributed by atoms with Crippen molar-refractivity contribution in [3.63, 3.8) is 0 Å². The monoisotopic (exact) mass is 561 g/mol. The van der Waals surface area contributed by atoms with Crippen molar-refractivity contribution in [3.8, 4) is 33.6 Å². The van der Waals surface area contributed by atoms with Crippen molar-refractivity contribution in [2.24, 2.45) is 0 Å². The fourth-order valence-electron chi connectivity index (χ4n) is 6.93. The third-order valence-electron chi connectivity index (χ3n) is 8.83. The van der Waals surface area contributed by atoms with Gasteiger partial charge in [0.2, 0.25) is 0 Å². The number of aromatic nitrogens is 3. The average Bonchev–Trinajstić information content (AvgIpc) is 3.62. The van der Waals surface area contributed by atoms with Crippen LogP contribution in [0.25, 0.3) is 77.2 Å². The molecule has 6 aromatic carbocycles. The highest BCUT2D eigenvalue weighted by molar-refractivity contribution is 6.20. The Morgan fingerprint density at radius 2 is 1.02 bits per heavy atom. The lowest BCUT2D eigenvalue weighted by Crippen LogP contribution is -1.96. The number of fused-ring (bicyclic) bond motifs is 6. The summed E-state index contributed by atoms with van der Waals surface area (Å²) in [5, 5.41) is 4.93. The molecule has 3 heterocycles. The first-order chi connectivity index (χ1) is 21.9. The van der Waals surface area contributed by atoms with Crippen LogP contribution in [0.4, 0.5) is 0 Å². The first kappa shape index (κ1) is 24.6. The summed E-state index contributed by atoms with van der Waals surface area (Å²) in [6, 6.07) is 54.4. The van der Waals surface area contributed by atoms with Crippen molar-refractivity contribution in [2.75, 3.05) is 0 Å². The molecule has 3 nitrogen and oxygen atoms in total. The summed E-state index contributed by atoms with van der Waals surface area (Å²) in [7, 11) is 0. The number of pyridine rings is 1. The molecule has 0 N–H and O–H groups in total. The van der Waals surface area contributed by atoms with Crippen molar-refractivity contribution in [2.45, 2.75) is 0 Å². The van der Waals surface area contributed by atoms with Gasteiger partial charge in [-0.25, -0.2) is 0 Å². The van der Waals surface area contributed by atoms with E-state index in [-0.39, 0.29) is 0 Å². The van der Waals surface area contributed by atoms with Crippen LogP contribution in [0.5, 0.6) is 0 Å². The zero-order valence-corrected chi connectivity index (χ0v) is 23.9. The second-order valence-corrected chi connectivity index (χ2v) is 11.2. The van der Waals surface area contributed by atoms with Crippen LogP contribution in [0, 0.1) is 0 Å². The maximum Gasteiger partial charge on any atom is 0.0724 e. The van der Waals surface area contributed by atoms with Crippen molar-refractivity contribution in [3.05, 3.63) is 164 Å². The lowest BCUT2D eigenvalue weighted by atomic mass is 9.97. The molecule has 0 atom stereocenters. The normalized spacial score (nSPS) is 11.6. The van der Waals surface area contributed by atoms with Gasteiger partial charge in [-0.1, -0.05) is 109 Å². The quantitative estimate of drug-likeness (QED) is 0.210. The summed E-state index contributed by atoms with van der Waals surface area (Å²) in [6.45, 7) is 0. The fourth-order valence-corrected chi connectivity index (χ4v) is 6.93. The minimum Gasteiger partial charge on any atom is -0.309 e. The minimum atomic E-state index is 1.10. The molecule has 9 aromatic rings. The van der Waals surface area contributed by atoms with Gasteiger partial charge in [0.25, 0.3) is 0 Å². The van der Waals surface area contributed by atoms with Crippen molar-refractivity contribution >= 4 is 43.6 Å². The van der Waals surface area contributed by atoms with E-state index in [1.165, 1.54) is 60.3 Å². The van der Waals surface area contributed by atoms with Gasteiger partial charge in [0.15, 0.2) is 0 Å². The molecule has 0 bridgehead atoms. The van der Waals surface area contributed by atoms with Crippen LogP contribution in [0.3, 0.4) is 0 Å². The van der Waals surface area contributed by atoms with Crippen LogP contribution in [0.1, 0.15) is 0 Å². The maximum atomic E-state index is 4.53. The van der Waals surface area contributed by atoms with E-state index in [2.05, 4.69) is 166 Å². The van der Waals surface area contributed by atoms with Gasteiger partial charge in [-0.15, -0.1) is 0 Å². The van der Waals surface area contributed by atoms with E-state index < -0.39 is 0 Å². The van der Waals surface area contributed by atoms with Crippen molar-refractivity contribution in [1.29, 1.82) is 0 Å². The molecule has 0 aliphatic heterocycles. The number of nitrogens with zero attached hydrogens (tertiary/aromatic N) is 3. The largest absolute Gasteiger partial charge is 0.309 e. The number of benzene rings is 6. The summed E-state index contributed by atoms with van der Waals surface area (Å²) in [5.74, 6) is 0.